The molecule has 8 unspecified atom stereocenters. The van der Waals surface area contributed by atoms with E-state index in [1.165, 1.54) is 103 Å². The van der Waals surface area contributed by atoms with E-state index >= 15 is 0 Å². The number of hydrogen-bond donors (Lipinski definition) is 8. The van der Waals surface area contributed by atoms with Crippen molar-refractivity contribution in [3.05, 3.63) is 0 Å². The SMILES string of the molecule is Br.C1CCC2C3NC(NC4NC(NC5NC(NC6NC(N3)C3CCCCC63)C3CCCCC53)C3CCCCC43)C2C1. The molecule has 5 saturated heterocycles. The van der Waals surface area contributed by atoms with Crippen molar-refractivity contribution in [3.63, 3.8) is 0 Å². The van der Waals surface area contributed by atoms with Crippen molar-refractivity contribution in [3.8, 4) is 0 Å². The fraction of sp³-hybridized carbons (Fsp3) is 1.00. The Morgan fingerprint density at radius 3 is 0.463 bits per heavy atom. The van der Waals surface area contributed by atoms with Gasteiger partial charge in [0.25, 0.3) is 0 Å². The van der Waals surface area contributed by atoms with Crippen molar-refractivity contribution in [2.75, 3.05) is 0 Å². The van der Waals surface area contributed by atoms with Crippen LogP contribution in [-0.4, -0.2) is 49.3 Å². The van der Waals surface area contributed by atoms with Crippen LogP contribution >= 0.6 is 17.0 Å². The predicted molar refractivity (Wildman–Crippen MR) is 168 cm³/mol. The van der Waals surface area contributed by atoms with Gasteiger partial charge in [-0.3, -0.25) is 42.5 Å². The molecule has 41 heavy (non-hydrogen) atoms. The third kappa shape index (κ3) is 5.00. The number of nitrogens with one attached hydrogen (secondary N) is 8. The van der Waals surface area contributed by atoms with Crippen LogP contribution in [-0.2, 0) is 0 Å². The molecule has 9 aliphatic rings. The van der Waals surface area contributed by atoms with E-state index in [9.17, 15) is 0 Å². The smallest absolute Gasteiger partial charge is 0.0628 e. The van der Waals surface area contributed by atoms with Gasteiger partial charge in [-0.1, -0.05) is 51.4 Å². The van der Waals surface area contributed by atoms with E-state index in [0.29, 0.717) is 49.3 Å². The van der Waals surface area contributed by atoms with E-state index in [1.807, 2.05) is 0 Å². The van der Waals surface area contributed by atoms with Gasteiger partial charge in [0.05, 0.1) is 49.3 Å². The van der Waals surface area contributed by atoms with E-state index < -0.39 is 0 Å². The third-order valence-corrected chi connectivity index (χ3v) is 13.8. The molecule has 9 fully saturated rings. The Labute approximate surface area is 258 Å². The van der Waals surface area contributed by atoms with E-state index in [1.54, 1.807) is 0 Å². The molecule has 0 aromatic heterocycles. The van der Waals surface area contributed by atoms with Crippen LogP contribution in [0.3, 0.4) is 0 Å². The summed E-state index contributed by atoms with van der Waals surface area (Å²) in [6.45, 7) is 0. The molecule has 5 heterocycles. The summed E-state index contributed by atoms with van der Waals surface area (Å²) >= 11 is 0. The summed E-state index contributed by atoms with van der Waals surface area (Å²) in [6, 6.07) is 0. The molecular formula is C32H57BrN8. The Morgan fingerprint density at radius 2 is 0.341 bits per heavy atom. The van der Waals surface area contributed by atoms with Gasteiger partial charge < -0.3 is 0 Å². The first kappa shape index (κ1) is 28.6. The number of halogens is 1. The molecule has 4 saturated carbocycles. The minimum Gasteiger partial charge on any atom is -0.286 e. The van der Waals surface area contributed by atoms with Crippen molar-refractivity contribution in [2.24, 2.45) is 47.3 Å². The van der Waals surface area contributed by atoms with Gasteiger partial charge >= 0.3 is 0 Å². The maximum Gasteiger partial charge on any atom is 0.0628 e. The lowest BCUT2D eigenvalue weighted by Crippen LogP contribution is -2.61. The first-order valence-corrected chi connectivity index (χ1v) is 17.9. The second-order valence-corrected chi connectivity index (χ2v) is 15.6. The van der Waals surface area contributed by atoms with Gasteiger partial charge in [0.2, 0.25) is 0 Å². The Morgan fingerprint density at radius 1 is 0.220 bits per heavy atom. The first-order chi connectivity index (χ1) is 19.8. The molecule has 232 valence electrons. The fourth-order valence-electron chi connectivity index (χ4n) is 12.0. The second-order valence-electron chi connectivity index (χ2n) is 15.6. The molecule has 8 atom stereocenters. The highest BCUT2D eigenvalue weighted by Crippen LogP contribution is 2.45. The minimum atomic E-state index is 0. The molecule has 0 amide bonds. The largest absolute Gasteiger partial charge is 0.286 e. The van der Waals surface area contributed by atoms with Gasteiger partial charge in [-0.2, -0.15) is 0 Å². The van der Waals surface area contributed by atoms with E-state index in [0.717, 1.165) is 47.3 Å². The van der Waals surface area contributed by atoms with Crippen molar-refractivity contribution < 1.29 is 0 Å². The highest BCUT2D eigenvalue weighted by molar-refractivity contribution is 8.93. The highest BCUT2D eigenvalue weighted by Gasteiger charge is 2.54. The van der Waals surface area contributed by atoms with E-state index in [4.69, 9.17) is 0 Å². The van der Waals surface area contributed by atoms with Crippen LogP contribution in [0.15, 0.2) is 0 Å². The summed E-state index contributed by atoms with van der Waals surface area (Å²) in [5.41, 5.74) is 0. The first-order valence-electron chi connectivity index (χ1n) is 17.9. The van der Waals surface area contributed by atoms with Gasteiger partial charge in [0.15, 0.2) is 0 Å². The zero-order valence-corrected chi connectivity index (χ0v) is 26.7. The number of rotatable bonds is 0. The average Bonchev–Trinajstić information content (AvgIpc) is 3.73. The maximum absolute atomic E-state index is 4.26. The van der Waals surface area contributed by atoms with E-state index in [-0.39, 0.29) is 17.0 Å². The number of hydrogen-bond acceptors (Lipinski definition) is 8. The topological polar surface area (TPSA) is 96.2 Å². The zero-order valence-electron chi connectivity index (χ0n) is 25.0. The van der Waals surface area contributed by atoms with Gasteiger partial charge in [0, 0.05) is 0 Å². The van der Waals surface area contributed by atoms with Crippen molar-refractivity contribution >= 4 is 17.0 Å². The molecule has 8 nitrogen and oxygen atoms in total. The lowest BCUT2D eigenvalue weighted by atomic mass is 9.76. The molecule has 0 aromatic rings. The Kier molecular flexibility index (Phi) is 8.26. The van der Waals surface area contributed by atoms with Crippen LogP contribution in [0.2, 0.25) is 0 Å². The quantitative estimate of drug-likeness (QED) is 0.206. The van der Waals surface area contributed by atoms with Crippen LogP contribution in [0.25, 0.3) is 0 Å². The summed E-state index contributed by atoms with van der Waals surface area (Å²) in [7, 11) is 0. The summed E-state index contributed by atoms with van der Waals surface area (Å²) in [6.07, 6.45) is 25.6. The molecule has 9 rings (SSSR count). The third-order valence-electron chi connectivity index (χ3n) is 13.8. The lowest BCUT2D eigenvalue weighted by Gasteiger charge is -2.35. The van der Waals surface area contributed by atoms with Crippen LogP contribution in [0.5, 0.6) is 0 Å². The van der Waals surface area contributed by atoms with Crippen molar-refractivity contribution in [1.29, 1.82) is 0 Å². The highest BCUT2D eigenvalue weighted by atomic mass is 79.9. The molecule has 8 bridgehead atoms. The predicted octanol–water partition coefficient (Wildman–Crippen LogP) is 3.18. The summed E-state index contributed by atoms with van der Waals surface area (Å²) < 4.78 is 0. The molecule has 4 aliphatic carbocycles. The number of fused-ring (bicyclic) bond motifs is 20. The van der Waals surface area contributed by atoms with Gasteiger partial charge in [-0.05, 0) is 98.7 Å². The normalized spacial score (nSPS) is 56.2. The molecular weight excluding hydrogens is 576 g/mol. The van der Waals surface area contributed by atoms with Crippen LogP contribution in [0.1, 0.15) is 103 Å². The van der Waals surface area contributed by atoms with Gasteiger partial charge in [-0.15, -0.1) is 17.0 Å². The monoisotopic (exact) mass is 632 g/mol. The van der Waals surface area contributed by atoms with Crippen LogP contribution < -0.4 is 42.5 Å². The van der Waals surface area contributed by atoms with Crippen LogP contribution in [0, 0.1) is 47.3 Å². The molecule has 0 radical (unpaired) electrons. The van der Waals surface area contributed by atoms with Crippen molar-refractivity contribution in [2.45, 2.75) is 152 Å². The zero-order chi connectivity index (χ0) is 26.2. The summed E-state index contributed by atoms with van der Waals surface area (Å²) in [5.74, 6) is 5.97. The van der Waals surface area contributed by atoms with Gasteiger partial charge in [0.1, 0.15) is 0 Å². The van der Waals surface area contributed by atoms with Crippen LogP contribution in [0.4, 0.5) is 0 Å². The Balaban J connectivity index is 0.00000256. The maximum atomic E-state index is 4.26. The standard InChI is InChI=1S/C32H56N8.BrH/c1-2-10-18-17(9-1)25-33-26(18)38-28-21-13-5-6-14-22(21)30(35-28)40-32-24-16-8-7-15-23(24)31(36-32)39-29-20-12-4-3-11-19(20)27(34-29)37-25;/h17-40H,1-16H2;1H. The molecule has 0 spiro atoms. The molecule has 8 N–H and O–H groups in total. The average molecular weight is 634 g/mol. The second kappa shape index (κ2) is 11.8. The summed E-state index contributed by atoms with van der Waals surface area (Å²) in [5, 5.41) is 33.8. The molecule has 5 aliphatic heterocycles. The molecule has 9 heteroatoms. The Hall–Kier alpha value is 0.160. The Bertz CT molecular complexity index is 716. The van der Waals surface area contributed by atoms with Crippen molar-refractivity contribution in [1.82, 2.24) is 42.5 Å². The minimum absolute atomic E-state index is 0. The van der Waals surface area contributed by atoms with E-state index in [2.05, 4.69) is 42.5 Å². The molecule has 0 aromatic carbocycles. The fourth-order valence-corrected chi connectivity index (χ4v) is 12.0. The van der Waals surface area contributed by atoms with Gasteiger partial charge in [-0.25, -0.2) is 0 Å². The summed E-state index contributed by atoms with van der Waals surface area (Å²) in [4.78, 5) is 0. The lowest BCUT2D eigenvalue weighted by molar-refractivity contribution is 0.167.